The molecule has 0 aliphatic rings. The van der Waals surface area contributed by atoms with Crippen LogP contribution in [0.15, 0.2) is 91.0 Å². The van der Waals surface area contributed by atoms with Gasteiger partial charge >= 0.3 is 12.4 Å². The van der Waals surface area contributed by atoms with E-state index in [0.717, 1.165) is 57.2 Å². The molecule has 1 nitrogen and oxygen atoms in total. The highest BCUT2D eigenvalue weighted by Crippen LogP contribution is 2.56. The molecule has 36 heavy (non-hydrogen) atoms. The van der Waals surface area contributed by atoms with Crippen molar-refractivity contribution in [3.05, 3.63) is 113 Å². The minimum absolute atomic E-state index is 0.470. The summed E-state index contributed by atoms with van der Waals surface area (Å²) in [5, 5.41) is 1.92. The molecule has 0 amide bonds. The third kappa shape index (κ3) is 3.48. The zero-order valence-corrected chi connectivity index (χ0v) is 19.4. The van der Waals surface area contributed by atoms with Crippen molar-refractivity contribution in [1.82, 2.24) is 4.57 Å². The Bertz CT molecular complexity index is 1480. The summed E-state index contributed by atoms with van der Waals surface area (Å²) < 4.78 is 88.2. The van der Waals surface area contributed by atoms with Crippen LogP contribution in [0.3, 0.4) is 0 Å². The predicted octanol–water partition coefficient (Wildman–Crippen LogP) is 8.81. The van der Waals surface area contributed by atoms with E-state index in [1.54, 1.807) is 0 Å². The van der Waals surface area contributed by atoms with Gasteiger partial charge in [-0.3, -0.25) is 0 Å². The van der Waals surface area contributed by atoms with Crippen LogP contribution in [-0.2, 0) is 5.41 Å². The molecule has 0 saturated heterocycles. The van der Waals surface area contributed by atoms with E-state index in [9.17, 15) is 26.3 Å². The van der Waals surface area contributed by atoms with Crippen molar-refractivity contribution in [2.45, 2.75) is 31.6 Å². The molecular weight excluding hydrogens is 476 g/mol. The Kier molecular flexibility index (Phi) is 5.43. The first-order valence-electron chi connectivity index (χ1n) is 11.3. The molecule has 5 aromatic rings. The van der Waals surface area contributed by atoms with Crippen molar-refractivity contribution < 1.29 is 26.3 Å². The lowest BCUT2D eigenvalue weighted by atomic mass is 9.73. The summed E-state index contributed by atoms with van der Waals surface area (Å²) in [4.78, 5) is 0. The quantitative estimate of drug-likeness (QED) is 0.220. The molecule has 0 aliphatic heterocycles. The van der Waals surface area contributed by atoms with Crippen molar-refractivity contribution in [2.24, 2.45) is 0 Å². The summed E-state index contributed by atoms with van der Waals surface area (Å²) in [6, 6.07) is 21.7. The fraction of sp³-hybridized carbons (Fsp3) is 0.172. The van der Waals surface area contributed by atoms with Gasteiger partial charge < -0.3 is 4.57 Å². The topological polar surface area (TPSA) is 4.93 Å². The van der Waals surface area contributed by atoms with E-state index in [0.29, 0.717) is 5.69 Å². The molecule has 0 N–H and O–H groups in total. The van der Waals surface area contributed by atoms with Crippen molar-refractivity contribution >= 4 is 21.8 Å². The maximum atomic E-state index is 14.4. The van der Waals surface area contributed by atoms with Gasteiger partial charge in [-0.15, -0.1) is 0 Å². The van der Waals surface area contributed by atoms with Crippen LogP contribution < -0.4 is 0 Å². The molecule has 0 aliphatic carbocycles. The van der Waals surface area contributed by atoms with Crippen molar-refractivity contribution in [3.63, 3.8) is 0 Å². The number of benzene rings is 4. The Balaban J connectivity index is 1.76. The van der Waals surface area contributed by atoms with Crippen LogP contribution in [0.2, 0.25) is 0 Å². The number of nitrogens with zero attached hydrogens (tertiary/aromatic N) is 1. The highest BCUT2D eigenvalue weighted by atomic mass is 19.4. The number of aryl methyl sites for hydroxylation is 2. The summed E-state index contributed by atoms with van der Waals surface area (Å²) in [6.07, 6.45) is -11.2. The lowest BCUT2D eigenvalue weighted by Gasteiger charge is -2.38. The van der Waals surface area contributed by atoms with Crippen LogP contribution in [0.5, 0.6) is 0 Å². The van der Waals surface area contributed by atoms with E-state index in [2.05, 4.69) is 0 Å². The normalized spacial score (nSPS) is 13.0. The van der Waals surface area contributed by atoms with E-state index < -0.39 is 28.9 Å². The molecular formula is C29H21F6N. The van der Waals surface area contributed by atoms with Gasteiger partial charge in [0.25, 0.3) is 0 Å². The standard InChI is InChI=1S/C29H21F6N/c1-18-8-14-25-23(16-18)24-17-19(2)9-15-26(24)36(25)22-12-10-21(11-13-22)27(28(30,31)32,29(33,34)35)20-6-4-3-5-7-20/h3-17H,1-2H3. The van der Waals surface area contributed by atoms with Crippen LogP contribution >= 0.6 is 0 Å². The molecule has 0 unspecified atom stereocenters. The van der Waals surface area contributed by atoms with E-state index in [1.807, 2.05) is 54.8 Å². The molecule has 0 fully saturated rings. The fourth-order valence-electron chi connectivity index (χ4n) is 5.06. The van der Waals surface area contributed by atoms with Crippen LogP contribution in [0.25, 0.3) is 27.5 Å². The maximum absolute atomic E-state index is 14.4. The van der Waals surface area contributed by atoms with Crippen molar-refractivity contribution in [3.8, 4) is 5.69 Å². The van der Waals surface area contributed by atoms with Gasteiger partial charge in [0.1, 0.15) is 0 Å². The second-order valence-electron chi connectivity index (χ2n) is 9.04. The smallest absolute Gasteiger partial charge is 0.309 e. The molecule has 0 saturated carbocycles. The number of aromatic nitrogens is 1. The highest BCUT2D eigenvalue weighted by Gasteiger charge is 2.72. The third-order valence-electron chi connectivity index (χ3n) is 6.69. The molecule has 0 bridgehead atoms. The first-order valence-corrected chi connectivity index (χ1v) is 11.3. The monoisotopic (exact) mass is 497 g/mol. The Hall–Kier alpha value is -3.74. The Labute approximate surface area is 203 Å². The summed E-state index contributed by atoms with van der Waals surface area (Å²) in [5.41, 5.74) is -1.73. The number of alkyl halides is 6. The Morgan fingerprint density at radius 1 is 0.528 bits per heavy atom. The van der Waals surface area contributed by atoms with Gasteiger partial charge in [0.05, 0.1) is 11.0 Å². The van der Waals surface area contributed by atoms with E-state index in [-0.39, 0.29) is 0 Å². The van der Waals surface area contributed by atoms with Gasteiger partial charge in [-0.25, -0.2) is 0 Å². The number of halogens is 6. The van der Waals surface area contributed by atoms with Crippen molar-refractivity contribution in [2.75, 3.05) is 0 Å². The molecule has 4 aromatic carbocycles. The van der Waals surface area contributed by atoms with Crippen LogP contribution in [0, 0.1) is 13.8 Å². The molecule has 0 spiro atoms. The second-order valence-corrected chi connectivity index (χ2v) is 9.04. The molecule has 7 heteroatoms. The summed E-state index contributed by atoms with van der Waals surface area (Å²) in [7, 11) is 0. The van der Waals surface area contributed by atoms with Gasteiger partial charge in [0.2, 0.25) is 5.41 Å². The van der Waals surface area contributed by atoms with Gasteiger partial charge in [-0.2, -0.15) is 26.3 Å². The minimum atomic E-state index is -5.62. The number of hydrogen-bond donors (Lipinski definition) is 0. The van der Waals surface area contributed by atoms with Gasteiger partial charge in [0, 0.05) is 16.5 Å². The first kappa shape index (κ1) is 24.0. The summed E-state index contributed by atoms with van der Waals surface area (Å²) in [5.74, 6) is 0. The maximum Gasteiger partial charge on any atom is 0.411 e. The Morgan fingerprint density at radius 2 is 0.972 bits per heavy atom. The lowest BCUT2D eigenvalue weighted by molar-refractivity contribution is -0.288. The lowest BCUT2D eigenvalue weighted by Crippen LogP contribution is -2.54. The zero-order valence-electron chi connectivity index (χ0n) is 19.4. The molecule has 1 heterocycles. The number of rotatable bonds is 3. The fourth-order valence-corrected chi connectivity index (χ4v) is 5.06. The molecule has 184 valence electrons. The summed E-state index contributed by atoms with van der Waals surface area (Å²) >= 11 is 0. The van der Waals surface area contributed by atoms with Crippen LogP contribution in [-0.4, -0.2) is 16.9 Å². The number of hydrogen-bond acceptors (Lipinski definition) is 0. The average molecular weight is 497 g/mol. The van der Waals surface area contributed by atoms with E-state index in [1.165, 1.54) is 30.3 Å². The average Bonchev–Trinajstić information content (AvgIpc) is 3.11. The highest BCUT2D eigenvalue weighted by molar-refractivity contribution is 6.09. The van der Waals surface area contributed by atoms with Gasteiger partial charge in [-0.1, -0.05) is 65.7 Å². The van der Waals surface area contributed by atoms with Crippen molar-refractivity contribution in [1.29, 1.82) is 0 Å². The van der Waals surface area contributed by atoms with E-state index in [4.69, 9.17) is 0 Å². The molecule has 1 aromatic heterocycles. The number of fused-ring (bicyclic) bond motifs is 3. The van der Waals surface area contributed by atoms with Gasteiger partial charge in [0.15, 0.2) is 0 Å². The first-order chi connectivity index (χ1) is 16.9. The van der Waals surface area contributed by atoms with E-state index >= 15 is 0 Å². The van der Waals surface area contributed by atoms with Gasteiger partial charge in [-0.05, 0) is 61.4 Å². The molecule has 5 rings (SSSR count). The zero-order chi connectivity index (χ0) is 25.9. The second kappa shape index (κ2) is 8.15. The SMILES string of the molecule is Cc1ccc2c(c1)c1cc(C)ccc1n2-c1ccc(C(c2ccccc2)(C(F)(F)F)C(F)(F)F)cc1. The predicted molar refractivity (Wildman–Crippen MR) is 130 cm³/mol. The Morgan fingerprint density at radius 3 is 1.42 bits per heavy atom. The van der Waals surface area contributed by atoms with Crippen LogP contribution in [0.1, 0.15) is 22.3 Å². The minimum Gasteiger partial charge on any atom is -0.309 e. The van der Waals surface area contributed by atoms with Crippen LogP contribution in [0.4, 0.5) is 26.3 Å². The molecule has 0 atom stereocenters. The summed E-state index contributed by atoms with van der Waals surface area (Å²) in [6.45, 7) is 3.93. The largest absolute Gasteiger partial charge is 0.411 e. The molecule has 0 radical (unpaired) electrons. The third-order valence-corrected chi connectivity index (χ3v) is 6.69.